The van der Waals surface area contributed by atoms with Gasteiger partial charge in [0.2, 0.25) is 0 Å². The molecule has 1 unspecified atom stereocenters. The summed E-state index contributed by atoms with van der Waals surface area (Å²) in [6.45, 7) is 6.62. The number of Topliss-reactive ketones (excluding diaryl/α,β-unsaturated/α-hetero) is 1. The third-order valence-corrected chi connectivity index (χ3v) is 2.73. The molecule has 1 fully saturated rings. The Morgan fingerprint density at radius 1 is 1.41 bits per heavy atom. The highest BCUT2D eigenvalue weighted by molar-refractivity contribution is 5.96. The molecule has 0 N–H and O–H groups in total. The molecule has 0 aromatic heterocycles. The first-order chi connectivity index (χ1) is 8.15. The van der Waals surface area contributed by atoms with Gasteiger partial charge in [-0.05, 0) is 13.3 Å². The summed E-state index contributed by atoms with van der Waals surface area (Å²) in [7, 11) is 0. The molecule has 0 aromatic rings. The van der Waals surface area contributed by atoms with Crippen molar-refractivity contribution in [2.24, 2.45) is 0 Å². The Balaban J connectivity index is 2.28. The highest BCUT2D eigenvalue weighted by atomic mass is 16.5. The molecule has 0 radical (unpaired) electrons. The van der Waals surface area contributed by atoms with Crippen LogP contribution in [-0.4, -0.2) is 55.6 Å². The van der Waals surface area contributed by atoms with E-state index in [2.05, 4.69) is 6.92 Å². The Labute approximate surface area is 102 Å². The predicted molar refractivity (Wildman–Crippen MR) is 62.7 cm³/mol. The van der Waals surface area contributed by atoms with Gasteiger partial charge in [-0.25, -0.2) is 0 Å². The third-order valence-electron chi connectivity index (χ3n) is 2.73. The van der Waals surface area contributed by atoms with Crippen LogP contribution in [0.3, 0.4) is 0 Å². The van der Waals surface area contributed by atoms with Gasteiger partial charge < -0.3 is 9.47 Å². The molecule has 1 atom stereocenters. The van der Waals surface area contributed by atoms with E-state index in [4.69, 9.17) is 9.47 Å². The second-order valence-electron chi connectivity index (χ2n) is 4.16. The fourth-order valence-corrected chi connectivity index (χ4v) is 1.85. The van der Waals surface area contributed by atoms with Gasteiger partial charge in [0.25, 0.3) is 0 Å². The molecule has 0 aliphatic carbocycles. The average molecular weight is 243 g/mol. The summed E-state index contributed by atoms with van der Waals surface area (Å²) in [6, 6.07) is 0. The number of rotatable bonds is 6. The van der Waals surface area contributed by atoms with Crippen molar-refractivity contribution in [1.82, 2.24) is 4.90 Å². The lowest BCUT2D eigenvalue weighted by Crippen LogP contribution is -2.44. The highest BCUT2D eigenvalue weighted by Gasteiger charge is 2.21. The normalized spacial score (nSPS) is 21.2. The van der Waals surface area contributed by atoms with Gasteiger partial charge in [-0.3, -0.25) is 14.5 Å². The second kappa shape index (κ2) is 7.40. The molecular weight excluding hydrogens is 222 g/mol. The summed E-state index contributed by atoms with van der Waals surface area (Å²) in [5.74, 6) is -0.516. The van der Waals surface area contributed by atoms with E-state index in [0.717, 1.165) is 19.5 Å². The Hall–Kier alpha value is -0.940. The first-order valence-electron chi connectivity index (χ1n) is 6.17. The average Bonchev–Trinajstić information content (AvgIpc) is 2.29. The molecular formula is C12H21NO4. The Morgan fingerprint density at radius 2 is 2.18 bits per heavy atom. The maximum absolute atomic E-state index is 11.6. The fraction of sp³-hybridized carbons (Fsp3) is 0.833. The smallest absolute Gasteiger partial charge is 0.313 e. The van der Waals surface area contributed by atoms with E-state index >= 15 is 0 Å². The van der Waals surface area contributed by atoms with Gasteiger partial charge in [0.1, 0.15) is 6.42 Å². The Kier molecular flexibility index (Phi) is 6.15. The van der Waals surface area contributed by atoms with Crippen molar-refractivity contribution < 1.29 is 19.1 Å². The van der Waals surface area contributed by atoms with Gasteiger partial charge in [0, 0.05) is 13.1 Å². The molecule has 0 saturated carbocycles. The topological polar surface area (TPSA) is 55.8 Å². The molecule has 1 heterocycles. The largest absolute Gasteiger partial charge is 0.466 e. The van der Waals surface area contributed by atoms with Crippen LogP contribution in [0.5, 0.6) is 0 Å². The van der Waals surface area contributed by atoms with E-state index < -0.39 is 5.97 Å². The minimum atomic E-state index is -0.433. The van der Waals surface area contributed by atoms with Crippen molar-refractivity contribution in [2.45, 2.75) is 32.8 Å². The summed E-state index contributed by atoms with van der Waals surface area (Å²) in [4.78, 5) is 24.8. The molecule has 5 nitrogen and oxygen atoms in total. The molecule has 0 spiro atoms. The minimum absolute atomic E-state index is 0.0831. The number of carbonyl (C=O) groups is 2. The molecule has 17 heavy (non-hydrogen) atoms. The van der Waals surface area contributed by atoms with Crippen LogP contribution in [0.2, 0.25) is 0 Å². The van der Waals surface area contributed by atoms with Crippen LogP contribution in [0.25, 0.3) is 0 Å². The zero-order chi connectivity index (χ0) is 12.7. The Bertz CT molecular complexity index is 267. The summed E-state index contributed by atoms with van der Waals surface area (Å²) < 4.78 is 10.3. The van der Waals surface area contributed by atoms with Crippen LogP contribution in [0.1, 0.15) is 26.7 Å². The number of ether oxygens (including phenoxy) is 2. The van der Waals surface area contributed by atoms with Gasteiger partial charge in [-0.1, -0.05) is 6.92 Å². The fourth-order valence-electron chi connectivity index (χ4n) is 1.85. The summed E-state index contributed by atoms with van der Waals surface area (Å²) in [5, 5.41) is 0. The van der Waals surface area contributed by atoms with Crippen LogP contribution in [0.4, 0.5) is 0 Å². The van der Waals surface area contributed by atoms with Crippen molar-refractivity contribution in [3.8, 4) is 0 Å². The van der Waals surface area contributed by atoms with Gasteiger partial charge >= 0.3 is 5.97 Å². The molecule has 5 heteroatoms. The number of ketones is 1. The molecule has 0 amide bonds. The maximum Gasteiger partial charge on any atom is 0.313 e. The van der Waals surface area contributed by atoms with E-state index in [1.807, 2.05) is 4.90 Å². The van der Waals surface area contributed by atoms with Crippen molar-refractivity contribution >= 4 is 11.8 Å². The summed E-state index contributed by atoms with van der Waals surface area (Å²) in [6.07, 6.45) is 1.03. The van der Waals surface area contributed by atoms with Crippen LogP contribution in [0, 0.1) is 0 Å². The lowest BCUT2D eigenvalue weighted by Gasteiger charge is -2.31. The zero-order valence-electron chi connectivity index (χ0n) is 10.6. The van der Waals surface area contributed by atoms with Gasteiger partial charge in [-0.15, -0.1) is 0 Å². The lowest BCUT2D eigenvalue weighted by atomic mass is 10.2. The molecule has 98 valence electrons. The maximum atomic E-state index is 11.6. The number of morpholine rings is 1. The van der Waals surface area contributed by atoms with Crippen molar-refractivity contribution in [3.63, 3.8) is 0 Å². The van der Waals surface area contributed by atoms with Crippen molar-refractivity contribution in [1.29, 1.82) is 0 Å². The Morgan fingerprint density at radius 3 is 2.82 bits per heavy atom. The number of hydrogen-bond acceptors (Lipinski definition) is 5. The van der Waals surface area contributed by atoms with E-state index in [1.54, 1.807) is 6.92 Å². The monoisotopic (exact) mass is 243 g/mol. The molecule has 0 aromatic carbocycles. The number of esters is 1. The van der Waals surface area contributed by atoms with E-state index in [0.29, 0.717) is 19.8 Å². The SMILES string of the molecule is CCOC(=O)CC(=O)CN1CCOC(CC)C1. The van der Waals surface area contributed by atoms with Crippen molar-refractivity contribution in [3.05, 3.63) is 0 Å². The van der Waals surface area contributed by atoms with E-state index in [-0.39, 0.29) is 18.3 Å². The lowest BCUT2D eigenvalue weighted by molar-refractivity contribution is -0.146. The molecule has 1 rings (SSSR count). The quantitative estimate of drug-likeness (QED) is 0.505. The number of hydrogen-bond donors (Lipinski definition) is 0. The zero-order valence-corrected chi connectivity index (χ0v) is 10.6. The van der Waals surface area contributed by atoms with Crippen LogP contribution >= 0.6 is 0 Å². The number of nitrogens with zero attached hydrogens (tertiary/aromatic N) is 1. The minimum Gasteiger partial charge on any atom is -0.466 e. The third kappa shape index (κ3) is 5.28. The van der Waals surface area contributed by atoms with Crippen LogP contribution in [0.15, 0.2) is 0 Å². The highest BCUT2D eigenvalue weighted by Crippen LogP contribution is 2.08. The van der Waals surface area contributed by atoms with Gasteiger partial charge in [0.05, 0.1) is 25.9 Å². The predicted octanol–water partition coefficient (Wildman–Crippen LogP) is 0.619. The summed E-state index contributed by atoms with van der Waals surface area (Å²) >= 11 is 0. The molecule has 0 bridgehead atoms. The van der Waals surface area contributed by atoms with Crippen LogP contribution < -0.4 is 0 Å². The first-order valence-corrected chi connectivity index (χ1v) is 6.17. The van der Waals surface area contributed by atoms with Gasteiger partial charge in [-0.2, -0.15) is 0 Å². The second-order valence-corrected chi connectivity index (χ2v) is 4.16. The van der Waals surface area contributed by atoms with E-state index in [1.165, 1.54) is 0 Å². The molecule has 1 saturated heterocycles. The van der Waals surface area contributed by atoms with Gasteiger partial charge in [0.15, 0.2) is 5.78 Å². The summed E-state index contributed by atoms with van der Waals surface area (Å²) in [5.41, 5.74) is 0. The first kappa shape index (κ1) is 14.1. The molecule has 1 aliphatic rings. The van der Waals surface area contributed by atoms with E-state index in [9.17, 15) is 9.59 Å². The van der Waals surface area contributed by atoms with Crippen LogP contribution in [-0.2, 0) is 19.1 Å². The standard InChI is InChI=1S/C12H21NO4/c1-3-11-9-13(5-6-17-11)8-10(14)7-12(15)16-4-2/h11H,3-9H2,1-2H3. The number of carbonyl (C=O) groups excluding carboxylic acids is 2. The van der Waals surface area contributed by atoms with Crippen molar-refractivity contribution in [2.75, 3.05) is 32.8 Å². The molecule has 1 aliphatic heterocycles.